The van der Waals surface area contributed by atoms with E-state index in [1.807, 2.05) is 54.6 Å². The van der Waals surface area contributed by atoms with Gasteiger partial charge >= 0.3 is 6.09 Å². The van der Waals surface area contributed by atoms with Gasteiger partial charge in [-0.05, 0) is 40.8 Å². The Bertz CT molecular complexity index is 1410. The van der Waals surface area contributed by atoms with E-state index in [-0.39, 0.29) is 25.7 Å². The van der Waals surface area contributed by atoms with E-state index in [9.17, 15) is 15.0 Å². The van der Waals surface area contributed by atoms with Gasteiger partial charge in [0.25, 0.3) is 9.04 Å². The molecule has 2 fully saturated rings. The van der Waals surface area contributed by atoms with Gasteiger partial charge in [-0.3, -0.25) is 4.90 Å². The fraction of sp³-hybridized carbons (Fsp3) is 0.457. The fourth-order valence-electron chi connectivity index (χ4n) is 6.42. The molecule has 3 aliphatic heterocycles. The number of hydrogen-bond donors (Lipinski definition) is 2. The molecule has 10 heteroatoms. The van der Waals surface area contributed by atoms with Crippen LogP contribution in [0.3, 0.4) is 0 Å². The highest BCUT2D eigenvalue weighted by atomic mass is 28.3. The molecule has 3 aromatic carbocycles. The quantitative estimate of drug-likeness (QED) is 0.345. The van der Waals surface area contributed by atoms with E-state index in [2.05, 4.69) is 45.0 Å². The molecule has 0 aliphatic carbocycles. The van der Waals surface area contributed by atoms with Crippen LogP contribution in [0.2, 0.25) is 0 Å². The summed E-state index contributed by atoms with van der Waals surface area (Å²) in [6.45, 7) is 7.19. The van der Waals surface area contributed by atoms with Gasteiger partial charge in [0.05, 0.1) is 37.2 Å². The lowest BCUT2D eigenvalue weighted by atomic mass is 9.75. The van der Waals surface area contributed by atoms with Crippen LogP contribution in [-0.2, 0) is 13.9 Å². The molecule has 5 atom stereocenters. The van der Waals surface area contributed by atoms with Crippen molar-refractivity contribution in [2.45, 2.75) is 70.1 Å². The maximum Gasteiger partial charge on any atom is 0.415 e. The third-order valence-corrected chi connectivity index (χ3v) is 10.9. The monoisotopic (exact) mass is 632 g/mol. The standard InChI is InChI=1S/C35H42NO8Si/c1-34(2,3)31(44-45(27-10-6-4-7-11-27)28-12-8-5-9-13-28)32-35(17-16-26(42-32)21-25(38)22-37)23-36(33(39)43-35)24-14-15-29-30(20-24)41-19-18-40-29/h4-15,20,25-26,31-32,37-38H,16-19,21-23H2,1-3H3. The molecule has 1 radical (unpaired) electrons. The molecule has 2 N–H and O–H groups in total. The molecular formula is C35H42NO8Si. The topological polar surface area (TPSA) is 107 Å². The molecule has 239 valence electrons. The molecule has 3 aliphatic rings. The Hall–Kier alpha value is -3.41. The van der Waals surface area contributed by atoms with Crippen molar-refractivity contribution < 1.29 is 38.4 Å². The lowest BCUT2D eigenvalue weighted by molar-refractivity contribution is -0.212. The molecule has 6 rings (SSSR count). The summed E-state index contributed by atoms with van der Waals surface area (Å²) in [7, 11) is -1.76. The highest BCUT2D eigenvalue weighted by Crippen LogP contribution is 2.46. The normalized spacial score (nSPS) is 24.5. The van der Waals surface area contributed by atoms with E-state index in [1.165, 1.54) is 0 Å². The average Bonchev–Trinajstić information content (AvgIpc) is 3.38. The Morgan fingerprint density at radius 3 is 2.24 bits per heavy atom. The van der Waals surface area contributed by atoms with Crippen molar-refractivity contribution >= 4 is 31.2 Å². The second-order valence-corrected chi connectivity index (χ2v) is 15.2. The van der Waals surface area contributed by atoms with Gasteiger partial charge < -0.3 is 33.6 Å². The van der Waals surface area contributed by atoms with Crippen molar-refractivity contribution in [3.05, 3.63) is 78.9 Å². The zero-order chi connectivity index (χ0) is 31.6. The summed E-state index contributed by atoms with van der Waals surface area (Å²) in [4.78, 5) is 15.3. The predicted octanol–water partition coefficient (Wildman–Crippen LogP) is 3.68. The molecule has 0 aromatic heterocycles. The minimum Gasteiger partial charge on any atom is -0.486 e. The minimum atomic E-state index is -1.76. The van der Waals surface area contributed by atoms with Crippen molar-refractivity contribution in [3.8, 4) is 11.5 Å². The van der Waals surface area contributed by atoms with Crippen LogP contribution >= 0.6 is 0 Å². The Balaban J connectivity index is 1.38. The highest BCUT2D eigenvalue weighted by molar-refractivity contribution is 6.80. The lowest BCUT2D eigenvalue weighted by Crippen LogP contribution is -2.63. The summed E-state index contributed by atoms with van der Waals surface area (Å²) < 4.78 is 32.0. The van der Waals surface area contributed by atoms with Crippen molar-refractivity contribution in [1.29, 1.82) is 0 Å². The zero-order valence-electron chi connectivity index (χ0n) is 26.1. The smallest absolute Gasteiger partial charge is 0.415 e. The van der Waals surface area contributed by atoms with Crippen molar-refractivity contribution in [1.82, 2.24) is 0 Å². The summed E-state index contributed by atoms with van der Waals surface area (Å²) in [5.74, 6) is 1.24. The molecule has 9 nitrogen and oxygen atoms in total. The van der Waals surface area contributed by atoms with Gasteiger partial charge in [-0.15, -0.1) is 0 Å². The van der Waals surface area contributed by atoms with Crippen LogP contribution in [0, 0.1) is 5.41 Å². The maximum atomic E-state index is 13.7. The average molecular weight is 633 g/mol. The molecule has 45 heavy (non-hydrogen) atoms. The van der Waals surface area contributed by atoms with Gasteiger partial charge in [-0.2, -0.15) is 0 Å². The number of anilines is 1. The predicted molar refractivity (Wildman–Crippen MR) is 172 cm³/mol. The van der Waals surface area contributed by atoms with E-state index in [0.29, 0.717) is 43.2 Å². The Labute approximate surface area is 266 Å². The van der Waals surface area contributed by atoms with Gasteiger partial charge in [0.2, 0.25) is 0 Å². The number of rotatable bonds is 9. The van der Waals surface area contributed by atoms with Gasteiger partial charge in [0.1, 0.15) is 19.3 Å². The number of fused-ring (bicyclic) bond motifs is 1. The molecule has 3 aromatic rings. The summed E-state index contributed by atoms with van der Waals surface area (Å²) in [5.41, 5.74) is -0.779. The van der Waals surface area contributed by atoms with Crippen LogP contribution in [0.15, 0.2) is 78.9 Å². The number of nitrogens with zero attached hydrogens (tertiary/aromatic N) is 1. The summed E-state index contributed by atoms with van der Waals surface area (Å²) in [6.07, 6.45) is -1.51. The number of aliphatic hydroxyl groups excluding tert-OH is 2. The second-order valence-electron chi connectivity index (χ2n) is 13.1. The summed E-state index contributed by atoms with van der Waals surface area (Å²) in [5, 5.41) is 22.2. The second kappa shape index (κ2) is 13.1. The maximum absolute atomic E-state index is 13.7. The van der Waals surface area contributed by atoms with E-state index in [0.717, 1.165) is 10.4 Å². The summed E-state index contributed by atoms with van der Waals surface area (Å²) >= 11 is 0. The number of hydrogen-bond acceptors (Lipinski definition) is 8. The van der Waals surface area contributed by atoms with E-state index in [4.69, 9.17) is 23.4 Å². The van der Waals surface area contributed by atoms with Crippen molar-refractivity contribution in [2.24, 2.45) is 5.41 Å². The third kappa shape index (κ3) is 6.75. The van der Waals surface area contributed by atoms with Crippen LogP contribution in [0.4, 0.5) is 10.5 Å². The molecule has 1 spiro atoms. The molecule has 1 amide bonds. The van der Waals surface area contributed by atoms with Gasteiger partial charge in [-0.1, -0.05) is 81.4 Å². The first-order valence-corrected chi connectivity index (χ1v) is 17.1. The third-order valence-electron chi connectivity index (χ3n) is 8.71. The van der Waals surface area contributed by atoms with Crippen molar-refractivity contribution in [3.63, 3.8) is 0 Å². The van der Waals surface area contributed by atoms with Crippen LogP contribution in [0.5, 0.6) is 11.5 Å². The number of carbonyl (C=O) groups excluding carboxylic acids is 1. The molecular weight excluding hydrogens is 590 g/mol. The van der Waals surface area contributed by atoms with Crippen LogP contribution in [0.25, 0.3) is 0 Å². The number of benzene rings is 3. The Morgan fingerprint density at radius 1 is 0.978 bits per heavy atom. The lowest BCUT2D eigenvalue weighted by Gasteiger charge is -2.49. The number of carbonyl (C=O) groups is 1. The van der Waals surface area contributed by atoms with Gasteiger partial charge in [0, 0.05) is 12.5 Å². The highest BCUT2D eigenvalue weighted by Gasteiger charge is 2.59. The first kappa shape index (κ1) is 31.6. The van der Waals surface area contributed by atoms with E-state index >= 15 is 0 Å². The Kier molecular flexibility index (Phi) is 9.21. The van der Waals surface area contributed by atoms with Crippen LogP contribution in [-0.4, -0.2) is 81.7 Å². The van der Waals surface area contributed by atoms with Gasteiger partial charge in [0.15, 0.2) is 17.1 Å². The Morgan fingerprint density at radius 2 is 1.62 bits per heavy atom. The van der Waals surface area contributed by atoms with Crippen LogP contribution in [0.1, 0.15) is 40.0 Å². The molecule has 3 heterocycles. The van der Waals surface area contributed by atoms with E-state index in [1.54, 1.807) is 4.90 Å². The van der Waals surface area contributed by atoms with Crippen LogP contribution < -0.4 is 24.7 Å². The number of ether oxygens (including phenoxy) is 4. The molecule has 5 unspecified atom stereocenters. The molecule has 2 saturated heterocycles. The van der Waals surface area contributed by atoms with Gasteiger partial charge in [-0.25, -0.2) is 4.79 Å². The minimum absolute atomic E-state index is 0.264. The molecule has 0 saturated carbocycles. The largest absolute Gasteiger partial charge is 0.486 e. The van der Waals surface area contributed by atoms with E-state index < -0.39 is 44.5 Å². The number of amides is 1. The first-order valence-electron chi connectivity index (χ1n) is 15.7. The first-order chi connectivity index (χ1) is 21.7. The fourth-order valence-corrected chi connectivity index (χ4v) is 8.74. The molecule has 0 bridgehead atoms. The zero-order valence-corrected chi connectivity index (χ0v) is 27.1. The summed E-state index contributed by atoms with van der Waals surface area (Å²) in [6, 6.07) is 25.9. The SMILES string of the molecule is CC(C)(C)C(O[Si](c1ccccc1)c1ccccc1)C1OC(CC(O)CO)CCC12CN(c1ccc3c(c1)OCCO3)C(=O)O2. The van der Waals surface area contributed by atoms with Crippen molar-refractivity contribution in [2.75, 3.05) is 31.3 Å². The number of aliphatic hydroxyl groups is 2.